The van der Waals surface area contributed by atoms with Crippen molar-refractivity contribution in [1.82, 2.24) is 4.31 Å². The van der Waals surface area contributed by atoms with Crippen molar-refractivity contribution in [2.75, 3.05) is 14.1 Å². The van der Waals surface area contributed by atoms with Gasteiger partial charge in [0.1, 0.15) is 12.2 Å². The minimum Gasteiger partial charge on any atom is -0.455 e. The summed E-state index contributed by atoms with van der Waals surface area (Å²) in [6, 6.07) is 11.8. The summed E-state index contributed by atoms with van der Waals surface area (Å²) in [7, 11) is -0.622. The van der Waals surface area contributed by atoms with Crippen LogP contribution in [0.15, 0.2) is 56.2 Å². The largest absolute Gasteiger partial charge is 0.455 e. The van der Waals surface area contributed by atoms with E-state index in [-0.39, 0.29) is 17.3 Å². The van der Waals surface area contributed by atoms with E-state index in [4.69, 9.17) is 9.15 Å². The molecule has 0 unspecified atom stereocenters. The third-order valence-electron chi connectivity index (χ3n) is 4.13. The first kappa shape index (κ1) is 19.6. The predicted molar refractivity (Wildman–Crippen MR) is 105 cm³/mol. The molecule has 0 atom stereocenters. The van der Waals surface area contributed by atoms with Crippen LogP contribution < -0.4 is 0 Å². The van der Waals surface area contributed by atoms with Gasteiger partial charge < -0.3 is 9.15 Å². The molecule has 1 heterocycles. The number of carbonyl (C=O) groups is 1. The van der Waals surface area contributed by atoms with Gasteiger partial charge in [-0.15, -0.1) is 0 Å². The van der Waals surface area contributed by atoms with E-state index in [0.717, 1.165) is 14.2 Å². The number of furan rings is 1. The van der Waals surface area contributed by atoms with Gasteiger partial charge in [-0.05, 0) is 42.8 Å². The molecule has 0 spiro atoms. The molecule has 1 aromatic heterocycles. The molecule has 0 fully saturated rings. The number of esters is 1. The van der Waals surface area contributed by atoms with Crippen molar-refractivity contribution < 1.29 is 22.4 Å². The Morgan fingerprint density at radius 1 is 1.19 bits per heavy atom. The maximum absolute atomic E-state index is 12.4. The first-order chi connectivity index (χ1) is 12.7. The number of rotatable bonds is 5. The summed E-state index contributed by atoms with van der Waals surface area (Å²) in [6.07, 6.45) is 0. The van der Waals surface area contributed by atoms with Crippen LogP contribution in [0, 0.1) is 6.92 Å². The summed E-state index contributed by atoms with van der Waals surface area (Å²) in [5.41, 5.74) is 1.87. The fraction of sp³-hybridized carbons (Fsp3) is 0.211. The smallest absolute Gasteiger partial charge is 0.374 e. The van der Waals surface area contributed by atoms with E-state index >= 15 is 0 Å². The summed E-state index contributed by atoms with van der Waals surface area (Å²) in [5, 5.41) is 0.829. The third-order valence-corrected chi connectivity index (χ3v) is 6.43. The Morgan fingerprint density at radius 3 is 2.63 bits per heavy atom. The molecule has 0 saturated carbocycles. The molecule has 2 aromatic carbocycles. The van der Waals surface area contributed by atoms with Crippen LogP contribution in [-0.2, 0) is 21.4 Å². The Kier molecular flexibility index (Phi) is 5.41. The van der Waals surface area contributed by atoms with Crippen molar-refractivity contribution in [3.63, 3.8) is 0 Å². The average Bonchev–Trinajstić information content (AvgIpc) is 2.96. The van der Waals surface area contributed by atoms with Gasteiger partial charge in [0.25, 0.3) is 0 Å². The number of aryl methyl sites for hydroxylation is 1. The maximum atomic E-state index is 12.4. The summed E-state index contributed by atoms with van der Waals surface area (Å²) in [5.74, 6) is -0.458. The van der Waals surface area contributed by atoms with Crippen LogP contribution in [-0.4, -0.2) is 32.8 Å². The molecule has 6 nitrogen and oxygen atoms in total. The monoisotopic (exact) mass is 451 g/mol. The number of hydrogen-bond acceptors (Lipinski definition) is 5. The lowest BCUT2D eigenvalue weighted by atomic mass is 10.1. The minimum absolute atomic E-state index is 0.0597. The molecule has 142 valence electrons. The molecule has 3 rings (SSSR count). The zero-order valence-corrected chi connectivity index (χ0v) is 17.4. The van der Waals surface area contributed by atoms with E-state index in [0.29, 0.717) is 16.7 Å². The molecule has 0 aliphatic carbocycles. The normalized spacial score (nSPS) is 11.9. The quantitative estimate of drug-likeness (QED) is 0.545. The van der Waals surface area contributed by atoms with Crippen molar-refractivity contribution in [2.45, 2.75) is 18.4 Å². The van der Waals surface area contributed by atoms with Crippen LogP contribution in [0.25, 0.3) is 11.0 Å². The van der Waals surface area contributed by atoms with Crippen LogP contribution in [0.5, 0.6) is 0 Å². The fourth-order valence-electron chi connectivity index (χ4n) is 2.61. The van der Waals surface area contributed by atoms with Crippen LogP contribution in [0.3, 0.4) is 0 Å². The SMILES string of the molecule is Cc1c(C(=O)OCc2cccc(S(=O)(=O)N(C)C)c2)oc2ccc(Br)cc12. The van der Waals surface area contributed by atoms with E-state index in [1.807, 2.05) is 12.1 Å². The van der Waals surface area contributed by atoms with Crippen LogP contribution in [0.1, 0.15) is 21.7 Å². The lowest BCUT2D eigenvalue weighted by Gasteiger charge is -2.12. The topological polar surface area (TPSA) is 76.8 Å². The Morgan fingerprint density at radius 2 is 1.93 bits per heavy atom. The summed E-state index contributed by atoms with van der Waals surface area (Å²) >= 11 is 3.40. The van der Waals surface area contributed by atoms with E-state index in [1.54, 1.807) is 25.1 Å². The van der Waals surface area contributed by atoms with Crippen LogP contribution in [0.4, 0.5) is 0 Å². The van der Waals surface area contributed by atoms with Gasteiger partial charge in [0.15, 0.2) is 0 Å². The highest BCUT2D eigenvalue weighted by atomic mass is 79.9. The second kappa shape index (κ2) is 7.46. The third kappa shape index (κ3) is 3.92. The van der Waals surface area contributed by atoms with Gasteiger partial charge in [-0.25, -0.2) is 17.5 Å². The second-order valence-corrected chi connectivity index (χ2v) is 9.28. The highest BCUT2D eigenvalue weighted by Gasteiger charge is 2.20. The van der Waals surface area contributed by atoms with Gasteiger partial charge >= 0.3 is 5.97 Å². The summed E-state index contributed by atoms with van der Waals surface area (Å²) in [4.78, 5) is 12.6. The van der Waals surface area contributed by atoms with E-state index in [9.17, 15) is 13.2 Å². The number of nitrogens with zero attached hydrogens (tertiary/aromatic N) is 1. The van der Waals surface area contributed by atoms with Crippen molar-refractivity contribution in [1.29, 1.82) is 0 Å². The first-order valence-corrected chi connectivity index (χ1v) is 10.3. The molecule has 8 heteroatoms. The van der Waals surface area contributed by atoms with Crippen molar-refractivity contribution >= 4 is 42.9 Å². The summed E-state index contributed by atoms with van der Waals surface area (Å²) < 4.78 is 37.4. The van der Waals surface area contributed by atoms with Crippen molar-refractivity contribution in [3.8, 4) is 0 Å². The molecule has 0 aliphatic heterocycles. The first-order valence-electron chi connectivity index (χ1n) is 8.07. The van der Waals surface area contributed by atoms with Crippen molar-refractivity contribution in [2.24, 2.45) is 0 Å². The number of halogens is 1. The Balaban J connectivity index is 1.80. The zero-order chi connectivity index (χ0) is 19.8. The van der Waals surface area contributed by atoms with Gasteiger partial charge in [0.2, 0.25) is 15.8 Å². The Bertz CT molecular complexity index is 1120. The Labute approximate surface area is 165 Å². The molecular weight excluding hydrogens is 434 g/mol. The molecule has 0 bridgehead atoms. The van der Waals surface area contributed by atoms with Crippen LogP contribution in [0.2, 0.25) is 0 Å². The van der Waals surface area contributed by atoms with Crippen LogP contribution >= 0.6 is 15.9 Å². The molecular formula is C19H18BrNO5S. The number of carbonyl (C=O) groups excluding carboxylic acids is 1. The van der Waals surface area contributed by atoms with E-state index < -0.39 is 16.0 Å². The van der Waals surface area contributed by atoms with E-state index in [2.05, 4.69) is 15.9 Å². The van der Waals surface area contributed by atoms with Gasteiger partial charge in [0, 0.05) is 29.5 Å². The predicted octanol–water partition coefficient (Wildman–Crippen LogP) is 4.11. The van der Waals surface area contributed by atoms with E-state index in [1.165, 1.54) is 26.2 Å². The highest BCUT2D eigenvalue weighted by Crippen LogP contribution is 2.28. The number of fused-ring (bicyclic) bond motifs is 1. The molecule has 27 heavy (non-hydrogen) atoms. The lowest BCUT2D eigenvalue weighted by Crippen LogP contribution is -2.22. The molecule has 0 amide bonds. The number of ether oxygens (including phenoxy) is 1. The second-order valence-electron chi connectivity index (χ2n) is 6.21. The zero-order valence-electron chi connectivity index (χ0n) is 15.0. The minimum atomic E-state index is -3.55. The number of sulfonamides is 1. The average molecular weight is 452 g/mol. The van der Waals surface area contributed by atoms with Gasteiger partial charge in [-0.3, -0.25) is 0 Å². The van der Waals surface area contributed by atoms with Crippen molar-refractivity contribution in [3.05, 3.63) is 63.8 Å². The summed E-state index contributed by atoms with van der Waals surface area (Å²) in [6.45, 7) is 1.73. The number of hydrogen-bond donors (Lipinski definition) is 0. The van der Waals surface area contributed by atoms with Gasteiger partial charge in [0.05, 0.1) is 4.90 Å². The maximum Gasteiger partial charge on any atom is 0.374 e. The molecule has 0 aliphatic rings. The number of benzene rings is 2. The Hall–Kier alpha value is -2.16. The molecule has 0 saturated heterocycles. The van der Waals surface area contributed by atoms with Gasteiger partial charge in [-0.2, -0.15) is 0 Å². The lowest BCUT2D eigenvalue weighted by molar-refractivity contribution is 0.0437. The molecule has 0 N–H and O–H groups in total. The standard InChI is InChI=1S/C19H18BrNO5S/c1-12-16-10-14(20)7-8-17(16)26-18(12)19(22)25-11-13-5-4-6-15(9-13)27(23,24)21(2)3/h4-10H,11H2,1-3H3. The fourth-order valence-corrected chi connectivity index (χ4v) is 3.94. The highest BCUT2D eigenvalue weighted by molar-refractivity contribution is 9.10. The molecule has 0 radical (unpaired) electrons. The molecule has 3 aromatic rings. The van der Waals surface area contributed by atoms with Gasteiger partial charge in [-0.1, -0.05) is 28.1 Å².